The van der Waals surface area contributed by atoms with E-state index in [4.69, 9.17) is 19.2 Å². The molecular weight excluding hydrogens is 1090 g/mol. The topological polar surface area (TPSA) is 175 Å². The molecule has 10 aromatic rings. The average Bonchev–Trinajstić information content (AvgIpc) is 3.86. The van der Waals surface area contributed by atoms with Crippen LogP contribution in [0.2, 0.25) is 0 Å². The molecule has 0 aliphatic rings. The molecule has 0 radical (unpaired) electrons. The van der Waals surface area contributed by atoms with Gasteiger partial charge in [-0.25, -0.2) is 18.7 Å². The number of halogens is 3. The molecule has 13 nitrogen and oxygen atoms in total. The Labute approximate surface area is 439 Å². The van der Waals surface area contributed by atoms with E-state index in [2.05, 4.69) is 41.8 Å². The predicted octanol–water partition coefficient (Wildman–Crippen LogP) is 13.2. The number of aryl methyl sites for hydroxylation is 2. The Balaban J connectivity index is 0.000000185. The summed E-state index contributed by atoms with van der Waals surface area (Å²) in [4.78, 5) is 42.1. The normalized spacial score (nSPS) is 10.5. The van der Waals surface area contributed by atoms with Crippen molar-refractivity contribution in [3.63, 3.8) is 0 Å². The van der Waals surface area contributed by atoms with Crippen LogP contribution in [0, 0.1) is 11.6 Å². The van der Waals surface area contributed by atoms with Gasteiger partial charge in [-0.05, 0) is 147 Å². The van der Waals surface area contributed by atoms with Gasteiger partial charge in [0.2, 0.25) is 11.8 Å². The third-order valence-electron chi connectivity index (χ3n) is 11.5. The van der Waals surface area contributed by atoms with Crippen molar-refractivity contribution in [2.45, 2.75) is 26.7 Å². The number of anilines is 5. The number of carbonyl (C=O) groups is 2. The maximum absolute atomic E-state index is 13.7. The minimum atomic E-state index is -0.296. The summed E-state index contributed by atoms with van der Waals surface area (Å²) < 4.78 is 40.0. The number of aromatic nitrogens is 6. The molecule has 0 atom stereocenters. The standard InChI is InChI=1S/C28H24FN5O.C22H18BrFN4O.C6H7N.O.Pd/c1-3-24(35)32-27-23(31-21-7-5-4-6-8-21)17-22-25(18-13-15-30-16-14-18)26(34(2)28(22)33-27)19-9-11-20(29)12-10-19;1-3-18(29)26-21-17(23)12-16-19(13-8-10-25-11-9-13)20(28(2)22(16)27-21)14-4-6-15(24)7-5-14;7-6-4-2-1-3-5-6;;/h4-17,31H,3H2,1-2H3,(H,32,33,35);4-12H,3H2,1-2H3,(H,26,27,29);1-5H,7H2;;. The Bertz CT molecular complexity index is 3480. The number of nitrogens with two attached hydrogens (primary N) is 1. The Morgan fingerprint density at radius 1 is 0.575 bits per heavy atom. The quantitative estimate of drug-likeness (QED) is 0.0767. The van der Waals surface area contributed by atoms with E-state index in [-0.39, 0.29) is 23.4 Å². The van der Waals surface area contributed by atoms with Gasteiger partial charge in [0, 0.05) is 85.0 Å². The maximum atomic E-state index is 13.7. The summed E-state index contributed by atoms with van der Waals surface area (Å²) in [5.74, 6) is 0.0891. The molecule has 6 heterocycles. The molecule has 4 aromatic carbocycles. The van der Waals surface area contributed by atoms with E-state index in [1.807, 2.05) is 120 Å². The number of hydrogen-bond donors (Lipinski definition) is 4. The van der Waals surface area contributed by atoms with Crippen molar-refractivity contribution in [3.8, 4) is 44.8 Å². The van der Waals surface area contributed by atoms with Crippen LogP contribution in [0.15, 0.2) is 175 Å². The van der Waals surface area contributed by atoms with Crippen molar-refractivity contribution < 1.29 is 41.0 Å². The molecule has 73 heavy (non-hydrogen) atoms. The Morgan fingerprint density at radius 3 is 1.41 bits per heavy atom. The zero-order valence-corrected chi connectivity index (χ0v) is 43.2. The van der Waals surface area contributed by atoms with E-state index in [1.54, 1.807) is 62.9 Å². The van der Waals surface area contributed by atoms with E-state index in [1.165, 1.54) is 43.4 Å². The number of nitrogens with zero attached hydrogens (tertiary/aromatic N) is 6. The molecular formula is C56H49BrF2N10O3Pd. The first-order valence-electron chi connectivity index (χ1n) is 22.8. The first kappa shape index (κ1) is 52.7. The SMILES string of the molecule is CCC(=O)Nc1nc2c(cc1Br)c(-c1ccncc1)c(-c1ccc(F)cc1)n2C.CCC(=O)Nc1nc2c(cc1Nc1ccccc1)c(-c1ccncc1)c(-c1ccc(F)cc1)n2C.Nc1ccccc1.[O]=[Pd]. The zero-order chi connectivity index (χ0) is 52.0. The molecule has 17 heteroatoms. The number of pyridine rings is 4. The van der Waals surface area contributed by atoms with Crippen LogP contribution < -0.4 is 21.7 Å². The number of carbonyl (C=O) groups excluding carboxylic acids is 2. The zero-order valence-electron chi connectivity index (χ0n) is 40.0. The van der Waals surface area contributed by atoms with Gasteiger partial charge in [0.1, 0.15) is 28.7 Å². The summed E-state index contributed by atoms with van der Waals surface area (Å²) in [5.41, 5.74) is 16.5. The Hall–Kier alpha value is -8.10. The summed E-state index contributed by atoms with van der Waals surface area (Å²) >= 11 is 5.03. The van der Waals surface area contributed by atoms with Crippen LogP contribution >= 0.6 is 15.9 Å². The summed E-state index contributed by atoms with van der Waals surface area (Å²) in [7, 11) is 3.84. The second-order valence-corrected chi connectivity index (χ2v) is 17.1. The van der Waals surface area contributed by atoms with Crippen LogP contribution in [0.1, 0.15) is 26.7 Å². The first-order valence-corrected chi connectivity index (χ1v) is 24.3. The number of benzene rings is 4. The molecule has 0 aliphatic carbocycles. The molecule has 5 N–H and O–H groups in total. The fourth-order valence-electron chi connectivity index (χ4n) is 8.03. The van der Waals surface area contributed by atoms with Gasteiger partial charge in [0.15, 0.2) is 5.82 Å². The minimum absolute atomic E-state index is 0.111. The van der Waals surface area contributed by atoms with Gasteiger partial charge in [-0.2, -0.15) is 0 Å². The number of fused-ring (bicyclic) bond motifs is 2. The third-order valence-corrected chi connectivity index (χ3v) is 12.1. The van der Waals surface area contributed by atoms with E-state index >= 15 is 0 Å². The van der Waals surface area contributed by atoms with Crippen molar-refractivity contribution >= 4 is 78.5 Å². The number of amides is 2. The summed E-state index contributed by atoms with van der Waals surface area (Å²) in [6.45, 7) is 3.59. The van der Waals surface area contributed by atoms with Gasteiger partial charge in [0.05, 0.1) is 21.5 Å². The first-order chi connectivity index (χ1) is 35.4. The molecule has 0 saturated carbocycles. The fourth-order valence-corrected chi connectivity index (χ4v) is 8.44. The Morgan fingerprint density at radius 2 is 0.986 bits per heavy atom. The van der Waals surface area contributed by atoms with E-state index in [0.29, 0.717) is 45.9 Å². The molecule has 0 aliphatic heterocycles. The van der Waals surface area contributed by atoms with Crippen molar-refractivity contribution in [1.29, 1.82) is 0 Å². The number of rotatable bonds is 10. The molecule has 0 fully saturated rings. The summed E-state index contributed by atoms with van der Waals surface area (Å²) in [5, 5.41) is 11.0. The van der Waals surface area contributed by atoms with Crippen LogP contribution in [0.3, 0.4) is 0 Å². The fraction of sp³-hybridized carbons (Fsp3) is 0.107. The number of hydrogen-bond acceptors (Lipinski definition) is 9. The van der Waals surface area contributed by atoms with Crippen molar-refractivity contribution in [1.82, 2.24) is 29.1 Å². The van der Waals surface area contributed by atoms with Crippen LogP contribution in [-0.4, -0.2) is 40.9 Å². The molecule has 0 spiro atoms. The van der Waals surface area contributed by atoms with E-state index < -0.39 is 0 Å². The summed E-state index contributed by atoms with van der Waals surface area (Å²) in [6.07, 6.45) is 7.66. The molecule has 2 amide bonds. The van der Waals surface area contributed by atoms with Gasteiger partial charge < -0.3 is 30.8 Å². The van der Waals surface area contributed by atoms with Crippen molar-refractivity contribution in [3.05, 3.63) is 186 Å². The number of para-hydroxylation sites is 2. The third kappa shape index (κ3) is 12.5. The van der Waals surface area contributed by atoms with Crippen LogP contribution in [0.5, 0.6) is 0 Å². The van der Waals surface area contributed by atoms with Gasteiger partial charge >= 0.3 is 22.6 Å². The van der Waals surface area contributed by atoms with E-state index in [9.17, 15) is 18.4 Å². The summed E-state index contributed by atoms with van der Waals surface area (Å²) in [6, 6.07) is 43.7. The van der Waals surface area contributed by atoms with Gasteiger partial charge in [0.25, 0.3) is 0 Å². The Kier molecular flexibility index (Phi) is 17.9. The molecule has 10 rings (SSSR count). The van der Waals surface area contributed by atoms with Crippen molar-refractivity contribution in [2.24, 2.45) is 14.1 Å². The van der Waals surface area contributed by atoms with Gasteiger partial charge in [-0.15, -0.1) is 0 Å². The van der Waals surface area contributed by atoms with Crippen LogP contribution in [0.25, 0.3) is 66.8 Å². The second-order valence-electron chi connectivity index (χ2n) is 16.2. The molecule has 0 unspecified atom stereocenters. The predicted molar refractivity (Wildman–Crippen MR) is 285 cm³/mol. The molecule has 0 bridgehead atoms. The second kappa shape index (κ2) is 24.8. The number of nitrogens with one attached hydrogen (secondary N) is 3. The van der Waals surface area contributed by atoms with Gasteiger partial charge in [-0.1, -0.05) is 50.2 Å². The van der Waals surface area contributed by atoms with Crippen molar-refractivity contribution in [2.75, 3.05) is 21.7 Å². The van der Waals surface area contributed by atoms with E-state index in [0.717, 1.165) is 66.9 Å². The molecule has 6 aromatic heterocycles. The molecule has 0 saturated heterocycles. The number of nitrogen functional groups attached to an aromatic ring is 1. The monoisotopic (exact) mass is 1130 g/mol. The molecule has 372 valence electrons. The van der Waals surface area contributed by atoms with Gasteiger partial charge in [-0.3, -0.25) is 19.6 Å². The average molecular weight is 1130 g/mol. The van der Waals surface area contributed by atoms with Crippen LogP contribution in [0.4, 0.5) is 37.5 Å². The van der Waals surface area contributed by atoms with Crippen LogP contribution in [-0.2, 0) is 46.3 Å².